The summed E-state index contributed by atoms with van der Waals surface area (Å²) in [5.74, 6) is 0.687. The van der Waals surface area contributed by atoms with Crippen LogP contribution in [0.15, 0.2) is 12.1 Å². The van der Waals surface area contributed by atoms with Crippen LogP contribution in [0.1, 0.15) is 23.3 Å². The van der Waals surface area contributed by atoms with E-state index in [-0.39, 0.29) is 11.9 Å². The first-order chi connectivity index (χ1) is 12.1. The predicted octanol–water partition coefficient (Wildman–Crippen LogP) is 0.867. The van der Waals surface area contributed by atoms with Crippen molar-refractivity contribution in [1.82, 2.24) is 20.4 Å². The molecule has 138 valence electrons. The highest BCUT2D eigenvalue weighted by Crippen LogP contribution is 2.27. The van der Waals surface area contributed by atoms with Crippen LogP contribution in [-0.2, 0) is 4.74 Å². The third kappa shape index (κ3) is 4.43. The number of nitrogens with one attached hydrogen (secondary N) is 1. The van der Waals surface area contributed by atoms with Crippen molar-refractivity contribution >= 4 is 23.5 Å². The molecule has 1 aromatic rings. The average molecular weight is 366 g/mol. The van der Waals surface area contributed by atoms with Crippen molar-refractivity contribution in [2.45, 2.75) is 30.2 Å². The molecule has 2 aliphatic rings. The molecule has 0 aliphatic carbocycles. The minimum atomic E-state index is -0.152. The molecule has 2 aliphatic heterocycles. The largest absolute Gasteiger partial charge is 0.381 e. The minimum Gasteiger partial charge on any atom is -0.381 e. The van der Waals surface area contributed by atoms with Crippen LogP contribution in [0.3, 0.4) is 0 Å². The molecule has 0 aromatic carbocycles. The van der Waals surface area contributed by atoms with Crippen LogP contribution in [0.4, 0.5) is 5.82 Å². The molecule has 0 spiro atoms. The van der Waals surface area contributed by atoms with Crippen molar-refractivity contribution in [3.8, 4) is 0 Å². The van der Waals surface area contributed by atoms with Crippen LogP contribution in [0.2, 0.25) is 0 Å². The Bertz CT molecular complexity index is 577. The molecule has 0 radical (unpaired) electrons. The van der Waals surface area contributed by atoms with E-state index in [0.717, 1.165) is 31.7 Å². The lowest BCUT2D eigenvalue weighted by Crippen LogP contribution is -2.39. The van der Waals surface area contributed by atoms with Gasteiger partial charge in [0, 0.05) is 43.6 Å². The number of ether oxygens (including phenoxy) is 1. The second kappa shape index (κ2) is 8.33. The third-order valence-electron chi connectivity index (χ3n) is 4.97. The second-order valence-corrected chi connectivity index (χ2v) is 7.92. The molecule has 1 N–H and O–H groups in total. The van der Waals surface area contributed by atoms with E-state index in [1.807, 2.05) is 17.8 Å². The molecule has 0 bridgehead atoms. The van der Waals surface area contributed by atoms with Crippen molar-refractivity contribution in [2.75, 3.05) is 51.6 Å². The summed E-state index contributed by atoms with van der Waals surface area (Å²) in [5.41, 5.74) is 0.375. The molecule has 0 saturated carbocycles. The molecule has 0 unspecified atom stereocenters. The average Bonchev–Trinajstić information content (AvgIpc) is 3.07. The molecule has 2 atom stereocenters. The second-order valence-electron chi connectivity index (χ2n) is 6.85. The van der Waals surface area contributed by atoms with Crippen LogP contribution in [0.25, 0.3) is 0 Å². The van der Waals surface area contributed by atoms with Crippen LogP contribution < -0.4 is 10.2 Å². The van der Waals surface area contributed by atoms with Gasteiger partial charge in [-0.3, -0.25) is 4.79 Å². The van der Waals surface area contributed by atoms with Crippen molar-refractivity contribution < 1.29 is 9.53 Å². The Balaban J connectivity index is 1.61. The number of likely N-dealkylation sites (N-methyl/N-ethyl adjacent to an activating group) is 1. The Kier molecular flexibility index (Phi) is 6.14. The summed E-state index contributed by atoms with van der Waals surface area (Å²) in [4.78, 5) is 16.8. The maximum absolute atomic E-state index is 12.3. The number of anilines is 1. The molecule has 3 rings (SSSR count). The van der Waals surface area contributed by atoms with Crippen LogP contribution in [0, 0.1) is 0 Å². The minimum absolute atomic E-state index is 0.152. The number of nitrogens with zero attached hydrogens (tertiary/aromatic N) is 4. The number of thioether (sulfide) groups is 1. The number of hydrogen-bond donors (Lipinski definition) is 1. The topological polar surface area (TPSA) is 70.6 Å². The van der Waals surface area contributed by atoms with E-state index in [4.69, 9.17) is 4.74 Å². The van der Waals surface area contributed by atoms with E-state index < -0.39 is 0 Å². The zero-order valence-electron chi connectivity index (χ0n) is 15.1. The quantitative estimate of drug-likeness (QED) is 0.830. The molecule has 25 heavy (non-hydrogen) atoms. The van der Waals surface area contributed by atoms with Gasteiger partial charge in [0.1, 0.15) is 0 Å². The standard InChI is InChI=1S/C17H27N5O2S/c1-21(2)14-10-22(11-15(14)25-3)16-5-4-13(19-20-16)17(23)18-12-6-8-24-9-7-12/h4-5,12,14-15H,6-11H2,1-3H3,(H,18,23)/t14-,15+/m0/s1. The first-order valence-corrected chi connectivity index (χ1v) is 10.0. The van der Waals surface area contributed by atoms with Gasteiger partial charge in [-0.05, 0) is 45.3 Å². The summed E-state index contributed by atoms with van der Waals surface area (Å²) < 4.78 is 5.31. The predicted molar refractivity (Wildman–Crippen MR) is 100 cm³/mol. The fourth-order valence-electron chi connectivity index (χ4n) is 3.39. The molecular formula is C17H27N5O2S. The molecule has 8 heteroatoms. The molecule has 7 nitrogen and oxygen atoms in total. The van der Waals surface area contributed by atoms with Gasteiger partial charge >= 0.3 is 0 Å². The highest BCUT2D eigenvalue weighted by molar-refractivity contribution is 7.99. The van der Waals surface area contributed by atoms with Gasteiger partial charge in [-0.2, -0.15) is 11.8 Å². The number of amides is 1. The Labute approximate surface area is 153 Å². The van der Waals surface area contributed by atoms with Gasteiger partial charge in [0.05, 0.1) is 0 Å². The number of carbonyl (C=O) groups is 1. The zero-order chi connectivity index (χ0) is 17.8. The van der Waals surface area contributed by atoms with E-state index >= 15 is 0 Å². The van der Waals surface area contributed by atoms with Gasteiger partial charge in [-0.1, -0.05) is 0 Å². The van der Waals surface area contributed by atoms with Crippen molar-refractivity contribution in [3.05, 3.63) is 17.8 Å². The Morgan fingerprint density at radius 2 is 2.04 bits per heavy atom. The van der Waals surface area contributed by atoms with E-state index in [2.05, 4.69) is 45.7 Å². The maximum Gasteiger partial charge on any atom is 0.272 e. The fourth-order valence-corrected chi connectivity index (χ4v) is 4.36. The van der Waals surface area contributed by atoms with E-state index in [1.165, 1.54) is 0 Å². The first-order valence-electron chi connectivity index (χ1n) is 8.75. The smallest absolute Gasteiger partial charge is 0.272 e. The Morgan fingerprint density at radius 1 is 1.28 bits per heavy atom. The van der Waals surface area contributed by atoms with Gasteiger partial charge < -0.3 is 19.9 Å². The summed E-state index contributed by atoms with van der Waals surface area (Å²) in [6, 6.07) is 4.34. The number of hydrogen-bond acceptors (Lipinski definition) is 7. The van der Waals surface area contributed by atoms with Gasteiger partial charge in [0.25, 0.3) is 5.91 Å². The SMILES string of the molecule is CS[C@@H]1CN(c2ccc(C(=O)NC3CCOCC3)nn2)C[C@@H]1N(C)C. The lowest BCUT2D eigenvalue weighted by Gasteiger charge is -2.23. The monoisotopic (exact) mass is 365 g/mol. The maximum atomic E-state index is 12.3. The van der Waals surface area contributed by atoms with E-state index in [0.29, 0.717) is 30.2 Å². The van der Waals surface area contributed by atoms with Crippen molar-refractivity contribution in [2.24, 2.45) is 0 Å². The summed E-state index contributed by atoms with van der Waals surface area (Å²) in [5, 5.41) is 12.0. The van der Waals surface area contributed by atoms with E-state index in [1.54, 1.807) is 6.07 Å². The lowest BCUT2D eigenvalue weighted by atomic mass is 10.1. The van der Waals surface area contributed by atoms with Crippen molar-refractivity contribution in [3.63, 3.8) is 0 Å². The number of aromatic nitrogens is 2. The third-order valence-corrected chi connectivity index (χ3v) is 6.04. The molecular weight excluding hydrogens is 338 g/mol. The van der Waals surface area contributed by atoms with Gasteiger partial charge in [-0.25, -0.2) is 0 Å². The van der Waals surface area contributed by atoms with E-state index in [9.17, 15) is 4.79 Å². The Hall–Kier alpha value is -1.38. The van der Waals surface area contributed by atoms with Gasteiger partial charge in [-0.15, -0.1) is 10.2 Å². The lowest BCUT2D eigenvalue weighted by molar-refractivity contribution is 0.0693. The number of rotatable bonds is 5. The Morgan fingerprint density at radius 3 is 2.60 bits per heavy atom. The molecule has 3 heterocycles. The molecule has 2 fully saturated rings. The highest BCUT2D eigenvalue weighted by Gasteiger charge is 2.34. The first kappa shape index (κ1) is 18.4. The molecule has 1 amide bonds. The number of carbonyl (C=O) groups excluding carboxylic acids is 1. The summed E-state index contributed by atoms with van der Waals surface area (Å²) >= 11 is 1.89. The fraction of sp³-hybridized carbons (Fsp3) is 0.706. The van der Waals surface area contributed by atoms with Gasteiger partial charge in [0.15, 0.2) is 11.5 Å². The highest BCUT2D eigenvalue weighted by atomic mass is 32.2. The van der Waals surface area contributed by atoms with Crippen LogP contribution in [0.5, 0.6) is 0 Å². The molecule has 1 aromatic heterocycles. The summed E-state index contributed by atoms with van der Waals surface area (Å²) in [6.07, 6.45) is 3.86. The summed E-state index contributed by atoms with van der Waals surface area (Å²) in [7, 11) is 4.24. The summed E-state index contributed by atoms with van der Waals surface area (Å²) in [6.45, 7) is 3.29. The van der Waals surface area contributed by atoms with Crippen molar-refractivity contribution in [1.29, 1.82) is 0 Å². The molecule has 2 saturated heterocycles. The van der Waals surface area contributed by atoms with Crippen LogP contribution in [-0.4, -0.2) is 85.0 Å². The zero-order valence-corrected chi connectivity index (χ0v) is 16.0. The van der Waals surface area contributed by atoms with Gasteiger partial charge in [0.2, 0.25) is 0 Å². The van der Waals surface area contributed by atoms with Crippen LogP contribution >= 0.6 is 11.8 Å². The normalized spacial score (nSPS) is 24.7.